The van der Waals surface area contributed by atoms with Crippen LogP contribution >= 0.6 is 0 Å². The number of carbonyl (C=O) groups is 4. The minimum atomic E-state index is -0.575. The van der Waals surface area contributed by atoms with E-state index >= 15 is 0 Å². The van der Waals surface area contributed by atoms with Gasteiger partial charge in [-0.25, -0.2) is 9.59 Å². The second-order valence-corrected chi connectivity index (χ2v) is 10.2. The average Bonchev–Trinajstić information content (AvgIpc) is 3.01. The normalized spacial score (nSPS) is 23.3. The summed E-state index contributed by atoms with van der Waals surface area (Å²) in [6.45, 7) is 10.8. The van der Waals surface area contributed by atoms with E-state index in [1.54, 1.807) is 9.80 Å². The van der Waals surface area contributed by atoms with E-state index < -0.39 is 11.6 Å². The van der Waals surface area contributed by atoms with Crippen molar-refractivity contribution in [2.24, 2.45) is 0 Å². The molecule has 3 rings (SSSR count). The zero-order valence-corrected chi connectivity index (χ0v) is 20.9. The first-order chi connectivity index (χ1) is 16.1. The number of piperidine rings is 1. The van der Waals surface area contributed by atoms with E-state index in [9.17, 15) is 19.2 Å². The predicted octanol–water partition coefficient (Wildman–Crippen LogP) is 1.22. The summed E-state index contributed by atoms with van der Waals surface area (Å²) in [5.74, 6) is -0.407. The topological polar surface area (TPSA) is 112 Å². The summed E-state index contributed by atoms with van der Waals surface area (Å²) in [5.41, 5.74) is -0.540. The van der Waals surface area contributed by atoms with Crippen molar-refractivity contribution in [3.05, 3.63) is 0 Å². The Hall–Kier alpha value is -2.40. The van der Waals surface area contributed by atoms with E-state index in [4.69, 9.17) is 9.57 Å². The quantitative estimate of drug-likeness (QED) is 0.493. The molecule has 192 valence electrons. The number of ether oxygens (including phenoxy) is 1. The Balaban J connectivity index is 1.38. The number of hydroxylamine groups is 2. The van der Waals surface area contributed by atoms with Crippen molar-refractivity contribution in [1.82, 2.24) is 25.1 Å². The van der Waals surface area contributed by atoms with Gasteiger partial charge in [-0.3, -0.25) is 19.3 Å². The summed E-state index contributed by atoms with van der Waals surface area (Å²) in [6.07, 6.45) is 2.76. The van der Waals surface area contributed by atoms with Crippen molar-refractivity contribution in [2.45, 2.75) is 71.1 Å². The Bertz CT molecular complexity index is 761. The van der Waals surface area contributed by atoms with Crippen LogP contribution in [-0.4, -0.2) is 114 Å². The molecular formula is C23H39N5O6. The molecule has 0 aromatic heterocycles. The van der Waals surface area contributed by atoms with Gasteiger partial charge in [0.05, 0.1) is 25.7 Å². The van der Waals surface area contributed by atoms with Crippen molar-refractivity contribution in [1.29, 1.82) is 0 Å². The molecule has 2 bridgehead atoms. The van der Waals surface area contributed by atoms with E-state index in [0.717, 1.165) is 12.8 Å². The lowest BCUT2D eigenvalue weighted by Gasteiger charge is -2.35. The summed E-state index contributed by atoms with van der Waals surface area (Å²) in [7, 11) is 0. The number of nitrogens with zero attached hydrogens (tertiary/aromatic N) is 4. The van der Waals surface area contributed by atoms with Crippen LogP contribution < -0.4 is 5.32 Å². The zero-order chi connectivity index (χ0) is 24.9. The van der Waals surface area contributed by atoms with Gasteiger partial charge in [-0.15, -0.1) is 0 Å². The number of fused-ring (bicyclic) bond motifs is 2. The molecule has 11 heteroatoms. The maximum Gasteiger partial charge on any atom is 0.410 e. The van der Waals surface area contributed by atoms with Crippen LogP contribution in [0.1, 0.15) is 53.4 Å². The van der Waals surface area contributed by atoms with E-state index in [2.05, 4.69) is 12.2 Å². The molecule has 3 aliphatic rings. The van der Waals surface area contributed by atoms with Crippen LogP contribution in [0.3, 0.4) is 0 Å². The first kappa shape index (κ1) is 26.2. The maximum atomic E-state index is 12.7. The fourth-order valence-corrected chi connectivity index (χ4v) is 4.40. The smallest absolute Gasteiger partial charge is 0.410 e. The summed E-state index contributed by atoms with van der Waals surface area (Å²) in [5, 5.41) is 4.13. The Labute approximate surface area is 201 Å². The highest BCUT2D eigenvalue weighted by Gasteiger charge is 2.47. The molecule has 34 heavy (non-hydrogen) atoms. The number of unbranched alkanes of at least 4 members (excludes halogenated alkanes) is 1. The van der Waals surface area contributed by atoms with Gasteiger partial charge in [-0.1, -0.05) is 13.3 Å². The van der Waals surface area contributed by atoms with Crippen LogP contribution in [0.5, 0.6) is 0 Å². The fraction of sp³-hybridized carbons (Fsp3) is 0.826. The molecular weight excluding hydrogens is 442 g/mol. The number of ketones is 1. The van der Waals surface area contributed by atoms with E-state index in [1.807, 2.05) is 25.7 Å². The molecule has 0 saturated carbocycles. The molecule has 11 nitrogen and oxygen atoms in total. The van der Waals surface area contributed by atoms with Crippen LogP contribution in [0.4, 0.5) is 9.59 Å². The second kappa shape index (κ2) is 11.4. The molecule has 3 fully saturated rings. The van der Waals surface area contributed by atoms with E-state index in [0.29, 0.717) is 52.2 Å². The fourth-order valence-electron chi connectivity index (χ4n) is 4.40. The lowest BCUT2D eigenvalue weighted by atomic mass is 10.0. The van der Waals surface area contributed by atoms with Crippen LogP contribution in [-0.2, 0) is 19.2 Å². The molecule has 0 spiro atoms. The minimum Gasteiger partial charge on any atom is -0.444 e. The zero-order valence-electron chi connectivity index (χ0n) is 20.9. The molecule has 4 amide bonds. The van der Waals surface area contributed by atoms with Gasteiger partial charge in [0.1, 0.15) is 11.6 Å². The standard InChI is InChI=1S/C23H39N5O6/c1-5-6-13-33-28-17-7-8-19(27(15-17)21(28)31)20(30)24-14-18(29)16-25-9-11-26(12-10-25)22(32)34-23(2,3)4/h17,19H,5-16H2,1-4H3,(H,24,30)/t17-,19-/m0/s1. The van der Waals surface area contributed by atoms with Crippen LogP contribution in [0.25, 0.3) is 0 Å². The van der Waals surface area contributed by atoms with Gasteiger partial charge >= 0.3 is 12.1 Å². The third kappa shape index (κ3) is 6.82. The number of Topliss-reactive ketones (excluding diaryl/α,β-unsaturated/α-hetero) is 1. The van der Waals surface area contributed by atoms with Crippen molar-refractivity contribution in [3.8, 4) is 0 Å². The van der Waals surface area contributed by atoms with Gasteiger partial charge < -0.3 is 19.9 Å². The summed E-state index contributed by atoms with van der Waals surface area (Å²) >= 11 is 0. The predicted molar refractivity (Wildman–Crippen MR) is 124 cm³/mol. The van der Waals surface area contributed by atoms with Crippen molar-refractivity contribution in [2.75, 3.05) is 52.4 Å². The Morgan fingerprint density at radius 3 is 2.44 bits per heavy atom. The van der Waals surface area contributed by atoms with E-state index in [1.165, 1.54) is 5.06 Å². The molecule has 0 aromatic rings. The number of piperazine rings is 1. The third-order valence-electron chi connectivity index (χ3n) is 6.24. The monoisotopic (exact) mass is 481 g/mol. The highest BCUT2D eigenvalue weighted by molar-refractivity contribution is 5.92. The first-order valence-corrected chi connectivity index (χ1v) is 12.3. The van der Waals surface area contributed by atoms with E-state index in [-0.39, 0.29) is 42.9 Å². The molecule has 0 aromatic carbocycles. The van der Waals surface area contributed by atoms with Gasteiger partial charge in [0.15, 0.2) is 5.78 Å². The second-order valence-electron chi connectivity index (χ2n) is 10.2. The Morgan fingerprint density at radius 2 is 1.79 bits per heavy atom. The molecule has 3 aliphatic heterocycles. The van der Waals surface area contributed by atoms with Crippen LogP contribution in [0.15, 0.2) is 0 Å². The number of nitrogens with one attached hydrogen (secondary N) is 1. The van der Waals surface area contributed by atoms with Crippen molar-refractivity contribution >= 4 is 23.8 Å². The van der Waals surface area contributed by atoms with Gasteiger partial charge in [0.25, 0.3) is 0 Å². The highest BCUT2D eigenvalue weighted by atomic mass is 16.7. The molecule has 3 heterocycles. The largest absolute Gasteiger partial charge is 0.444 e. The Morgan fingerprint density at radius 1 is 1.09 bits per heavy atom. The molecule has 3 saturated heterocycles. The molecule has 0 radical (unpaired) electrons. The molecule has 0 unspecified atom stereocenters. The third-order valence-corrected chi connectivity index (χ3v) is 6.24. The maximum absolute atomic E-state index is 12.7. The number of rotatable bonds is 9. The van der Waals surface area contributed by atoms with Gasteiger partial charge in [0.2, 0.25) is 5.91 Å². The summed E-state index contributed by atoms with van der Waals surface area (Å²) < 4.78 is 5.39. The lowest BCUT2D eigenvalue weighted by molar-refractivity contribution is -0.131. The van der Waals surface area contributed by atoms with Gasteiger partial charge in [0, 0.05) is 32.7 Å². The average molecular weight is 482 g/mol. The van der Waals surface area contributed by atoms with Crippen LogP contribution in [0.2, 0.25) is 0 Å². The highest BCUT2D eigenvalue weighted by Crippen LogP contribution is 2.30. The molecule has 2 atom stereocenters. The lowest BCUT2D eigenvalue weighted by Crippen LogP contribution is -2.53. The number of urea groups is 1. The van der Waals surface area contributed by atoms with Crippen molar-refractivity contribution < 1.29 is 28.8 Å². The van der Waals surface area contributed by atoms with Gasteiger partial charge in [-0.2, -0.15) is 5.06 Å². The molecule has 1 N–H and O–H groups in total. The number of hydrogen-bond donors (Lipinski definition) is 1. The number of hydrogen-bond acceptors (Lipinski definition) is 7. The number of carbonyl (C=O) groups excluding carboxylic acids is 4. The summed E-state index contributed by atoms with van der Waals surface area (Å²) in [6, 6.07) is -0.865. The van der Waals surface area contributed by atoms with Crippen molar-refractivity contribution in [3.63, 3.8) is 0 Å². The van der Waals surface area contributed by atoms with Crippen LogP contribution in [0, 0.1) is 0 Å². The molecule has 0 aliphatic carbocycles. The number of amides is 4. The van der Waals surface area contributed by atoms with Gasteiger partial charge in [-0.05, 0) is 40.0 Å². The Kier molecular flexibility index (Phi) is 8.75. The minimum absolute atomic E-state index is 0.0191. The first-order valence-electron chi connectivity index (χ1n) is 12.3. The SMILES string of the molecule is CCCCON1C(=O)N2C[C@@H]1CC[C@H]2C(=O)NCC(=O)CN1CCN(C(=O)OC(C)(C)C)CC1. The summed E-state index contributed by atoms with van der Waals surface area (Å²) in [4.78, 5) is 60.9.